The van der Waals surface area contributed by atoms with Gasteiger partial charge in [-0.15, -0.1) is 0 Å². The molecule has 18 heavy (non-hydrogen) atoms. The SMILES string of the molecule is Cn1ccc2cccc(C3CC(=O)OC(=O)C3)c21. The zero-order chi connectivity index (χ0) is 12.7. The molecule has 0 saturated carbocycles. The summed E-state index contributed by atoms with van der Waals surface area (Å²) in [4.78, 5) is 22.7. The van der Waals surface area contributed by atoms with Crippen LogP contribution in [0.25, 0.3) is 10.9 Å². The molecule has 92 valence electrons. The molecule has 0 aliphatic carbocycles. The Morgan fingerprint density at radius 2 is 1.89 bits per heavy atom. The first-order valence-electron chi connectivity index (χ1n) is 5.92. The monoisotopic (exact) mass is 243 g/mol. The number of hydrogen-bond acceptors (Lipinski definition) is 3. The number of aromatic nitrogens is 1. The van der Waals surface area contributed by atoms with Crippen LogP contribution in [0.1, 0.15) is 24.3 Å². The number of nitrogens with zero attached hydrogens (tertiary/aromatic N) is 1. The van der Waals surface area contributed by atoms with Gasteiger partial charge in [-0.1, -0.05) is 18.2 Å². The molecular weight excluding hydrogens is 230 g/mol. The highest BCUT2D eigenvalue weighted by Gasteiger charge is 2.29. The Morgan fingerprint density at radius 1 is 1.17 bits per heavy atom. The molecule has 2 heterocycles. The molecule has 3 rings (SSSR count). The number of ether oxygens (including phenoxy) is 1. The summed E-state index contributed by atoms with van der Waals surface area (Å²) in [7, 11) is 1.97. The third kappa shape index (κ3) is 1.70. The number of carbonyl (C=O) groups is 2. The van der Waals surface area contributed by atoms with Crippen molar-refractivity contribution in [2.24, 2.45) is 7.05 Å². The molecule has 0 N–H and O–H groups in total. The summed E-state index contributed by atoms with van der Waals surface area (Å²) in [6, 6.07) is 8.00. The van der Waals surface area contributed by atoms with E-state index in [0.29, 0.717) is 0 Å². The highest BCUT2D eigenvalue weighted by atomic mass is 16.6. The van der Waals surface area contributed by atoms with Crippen LogP contribution in [-0.2, 0) is 21.4 Å². The smallest absolute Gasteiger partial charge is 0.314 e. The molecule has 1 fully saturated rings. The molecule has 0 spiro atoms. The summed E-state index contributed by atoms with van der Waals surface area (Å²) >= 11 is 0. The van der Waals surface area contributed by atoms with Gasteiger partial charge in [0.05, 0.1) is 18.4 Å². The van der Waals surface area contributed by atoms with Gasteiger partial charge in [0.15, 0.2) is 0 Å². The van der Waals surface area contributed by atoms with Gasteiger partial charge < -0.3 is 9.30 Å². The molecule has 0 amide bonds. The van der Waals surface area contributed by atoms with Crippen LogP contribution in [0.3, 0.4) is 0 Å². The molecule has 1 aromatic heterocycles. The van der Waals surface area contributed by atoms with Gasteiger partial charge in [-0.2, -0.15) is 0 Å². The number of hydrogen-bond donors (Lipinski definition) is 0. The van der Waals surface area contributed by atoms with Crippen LogP contribution in [0, 0.1) is 0 Å². The largest absolute Gasteiger partial charge is 0.393 e. The minimum absolute atomic E-state index is 0.0731. The second-order valence-electron chi connectivity index (χ2n) is 4.66. The van der Waals surface area contributed by atoms with E-state index < -0.39 is 11.9 Å². The fourth-order valence-corrected chi connectivity index (χ4v) is 2.62. The van der Waals surface area contributed by atoms with E-state index in [2.05, 4.69) is 4.74 Å². The minimum atomic E-state index is -0.428. The van der Waals surface area contributed by atoms with Crippen molar-refractivity contribution in [3.63, 3.8) is 0 Å². The van der Waals surface area contributed by atoms with Crippen molar-refractivity contribution in [2.75, 3.05) is 0 Å². The minimum Gasteiger partial charge on any atom is -0.393 e. The van der Waals surface area contributed by atoms with Gasteiger partial charge in [-0.25, -0.2) is 0 Å². The average molecular weight is 243 g/mol. The van der Waals surface area contributed by atoms with Crippen LogP contribution in [-0.4, -0.2) is 16.5 Å². The van der Waals surface area contributed by atoms with E-state index in [1.54, 1.807) is 0 Å². The normalized spacial score (nSPS) is 17.2. The molecular formula is C14H13NO3. The lowest BCUT2D eigenvalue weighted by atomic mass is 9.90. The van der Waals surface area contributed by atoms with Gasteiger partial charge in [-0.05, 0) is 17.0 Å². The first-order valence-corrected chi connectivity index (χ1v) is 5.92. The second-order valence-corrected chi connectivity index (χ2v) is 4.66. The lowest BCUT2D eigenvalue weighted by molar-refractivity contribution is -0.163. The third-order valence-electron chi connectivity index (χ3n) is 3.42. The summed E-state index contributed by atoms with van der Waals surface area (Å²) in [5.74, 6) is -0.930. The number of para-hydroxylation sites is 1. The average Bonchev–Trinajstić information content (AvgIpc) is 2.70. The van der Waals surface area contributed by atoms with Crippen LogP contribution in [0.2, 0.25) is 0 Å². The van der Waals surface area contributed by atoms with Crippen molar-refractivity contribution in [3.8, 4) is 0 Å². The molecule has 1 aliphatic heterocycles. The number of esters is 2. The summed E-state index contributed by atoms with van der Waals surface area (Å²) in [6.45, 7) is 0. The van der Waals surface area contributed by atoms with Crippen LogP contribution < -0.4 is 0 Å². The Kier molecular flexibility index (Phi) is 2.44. The topological polar surface area (TPSA) is 48.3 Å². The van der Waals surface area contributed by atoms with E-state index >= 15 is 0 Å². The predicted octanol–water partition coefficient (Wildman–Crippen LogP) is 2.13. The molecule has 4 nitrogen and oxygen atoms in total. The lowest BCUT2D eigenvalue weighted by Crippen LogP contribution is -2.24. The molecule has 1 saturated heterocycles. The summed E-state index contributed by atoms with van der Waals surface area (Å²) in [5, 5.41) is 1.13. The lowest BCUT2D eigenvalue weighted by Gasteiger charge is -2.21. The van der Waals surface area contributed by atoms with Crippen molar-refractivity contribution in [3.05, 3.63) is 36.0 Å². The second kappa shape index (κ2) is 3.98. The Balaban J connectivity index is 2.11. The Labute approximate surface area is 104 Å². The maximum absolute atomic E-state index is 11.4. The standard InChI is InChI=1S/C14H13NO3/c1-15-6-5-9-3-2-4-11(14(9)15)10-7-12(16)18-13(17)8-10/h2-6,10H,7-8H2,1H3. The number of benzene rings is 1. The summed E-state index contributed by atoms with van der Waals surface area (Å²) < 4.78 is 6.60. The van der Waals surface area contributed by atoms with Crippen LogP contribution >= 0.6 is 0 Å². The van der Waals surface area contributed by atoms with Crippen molar-refractivity contribution in [1.82, 2.24) is 4.57 Å². The summed E-state index contributed by atoms with van der Waals surface area (Å²) in [6.07, 6.45) is 2.53. The van der Waals surface area contributed by atoms with Gasteiger partial charge in [0.2, 0.25) is 0 Å². The predicted molar refractivity (Wildman–Crippen MR) is 66.0 cm³/mol. The Hall–Kier alpha value is -2.10. The molecule has 1 aromatic carbocycles. The van der Waals surface area contributed by atoms with Gasteiger partial charge in [0.1, 0.15) is 0 Å². The fourth-order valence-electron chi connectivity index (χ4n) is 2.62. The van der Waals surface area contributed by atoms with Gasteiger partial charge in [-0.3, -0.25) is 9.59 Å². The van der Waals surface area contributed by atoms with Gasteiger partial charge in [0.25, 0.3) is 0 Å². The van der Waals surface area contributed by atoms with Crippen molar-refractivity contribution in [2.45, 2.75) is 18.8 Å². The first kappa shape index (κ1) is 11.0. The van der Waals surface area contributed by atoms with E-state index in [1.807, 2.05) is 42.1 Å². The first-order chi connectivity index (χ1) is 8.65. The molecule has 4 heteroatoms. The molecule has 0 radical (unpaired) electrons. The number of aryl methyl sites for hydroxylation is 1. The fraction of sp³-hybridized carbons (Fsp3) is 0.286. The molecule has 2 aromatic rings. The highest BCUT2D eigenvalue weighted by molar-refractivity contribution is 5.91. The van der Waals surface area contributed by atoms with E-state index in [1.165, 1.54) is 0 Å². The van der Waals surface area contributed by atoms with Crippen LogP contribution in [0.4, 0.5) is 0 Å². The maximum atomic E-state index is 11.4. The van der Waals surface area contributed by atoms with Crippen molar-refractivity contribution >= 4 is 22.8 Å². The molecule has 0 bridgehead atoms. The molecule has 0 unspecified atom stereocenters. The number of fused-ring (bicyclic) bond motifs is 1. The zero-order valence-corrected chi connectivity index (χ0v) is 10.1. The Bertz CT molecular complexity index is 626. The number of cyclic esters (lactones) is 2. The molecule has 1 aliphatic rings. The van der Waals surface area contributed by atoms with E-state index in [4.69, 9.17) is 0 Å². The highest BCUT2D eigenvalue weighted by Crippen LogP contribution is 2.33. The molecule has 0 atom stereocenters. The number of rotatable bonds is 1. The zero-order valence-electron chi connectivity index (χ0n) is 10.1. The van der Waals surface area contributed by atoms with Crippen LogP contribution in [0.5, 0.6) is 0 Å². The van der Waals surface area contributed by atoms with E-state index in [9.17, 15) is 9.59 Å². The quantitative estimate of drug-likeness (QED) is 0.569. The van der Waals surface area contributed by atoms with Gasteiger partial charge in [0, 0.05) is 19.2 Å². The van der Waals surface area contributed by atoms with Crippen LogP contribution in [0.15, 0.2) is 30.5 Å². The van der Waals surface area contributed by atoms with E-state index in [0.717, 1.165) is 16.5 Å². The van der Waals surface area contributed by atoms with Crippen molar-refractivity contribution in [1.29, 1.82) is 0 Å². The van der Waals surface area contributed by atoms with Crippen molar-refractivity contribution < 1.29 is 14.3 Å². The maximum Gasteiger partial charge on any atom is 0.314 e. The van der Waals surface area contributed by atoms with E-state index in [-0.39, 0.29) is 18.8 Å². The third-order valence-corrected chi connectivity index (χ3v) is 3.42. The summed E-state index contributed by atoms with van der Waals surface area (Å²) in [5.41, 5.74) is 2.13. The Morgan fingerprint density at radius 3 is 2.61 bits per heavy atom. The van der Waals surface area contributed by atoms with Gasteiger partial charge >= 0.3 is 11.9 Å². The number of carbonyl (C=O) groups excluding carboxylic acids is 2.